The number of benzene rings is 1. The van der Waals surface area contributed by atoms with E-state index >= 15 is 0 Å². The summed E-state index contributed by atoms with van der Waals surface area (Å²) >= 11 is 1.36. The Kier molecular flexibility index (Phi) is 5.32. The van der Waals surface area contributed by atoms with E-state index in [4.69, 9.17) is 4.74 Å². The normalized spacial score (nSPS) is 16.6. The van der Waals surface area contributed by atoms with Gasteiger partial charge in [0.15, 0.2) is 5.13 Å². The van der Waals surface area contributed by atoms with E-state index in [-0.39, 0.29) is 18.2 Å². The lowest BCUT2D eigenvalue weighted by Gasteiger charge is -2.17. The number of nitrogens with zero attached hydrogens (tertiary/aromatic N) is 2. The summed E-state index contributed by atoms with van der Waals surface area (Å²) in [4.78, 5) is 42.1. The van der Waals surface area contributed by atoms with Gasteiger partial charge in [-0.2, -0.15) is 0 Å². The van der Waals surface area contributed by atoms with E-state index < -0.39 is 11.9 Å². The first kappa shape index (κ1) is 18.1. The van der Waals surface area contributed by atoms with Gasteiger partial charge in [0.2, 0.25) is 11.8 Å². The van der Waals surface area contributed by atoms with Crippen LogP contribution >= 0.6 is 11.3 Å². The van der Waals surface area contributed by atoms with Gasteiger partial charge in [0.25, 0.3) is 0 Å². The van der Waals surface area contributed by atoms with Crippen LogP contribution in [0.5, 0.6) is 0 Å². The first-order chi connectivity index (χ1) is 12.5. The van der Waals surface area contributed by atoms with Crippen LogP contribution in [0.25, 0.3) is 0 Å². The summed E-state index contributed by atoms with van der Waals surface area (Å²) in [6.45, 7) is 4.20. The van der Waals surface area contributed by atoms with E-state index in [9.17, 15) is 14.4 Å². The third-order valence-corrected chi connectivity index (χ3v) is 4.91. The number of nitrogens with one attached hydrogen (secondary N) is 1. The molecule has 0 radical (unpaired) electrons. The fourth-order valence-corrected chi connectivity index (χ4v) is 3.43. The molecule has 1 saturated heterocycles. The average molecular weight is 373 g/mol. The highest BCUT2D eigenvalue weighted by molar-refractivity contribution is 7.13. The molecular weight excluding hydrogens is 354 g/mol. The Balaban J connectivity index is 1.65. The molecule has 0 saturated carbocycles. The Labute approximate surface area is 155 Å². The van der Waals surface area contributed by atoms with Crippen LogP contribution in [0.15, 0.2) is 29.6 Å². The van der Waals surface area contributed by atoms with Crippen molar-refractivity contribution in [2.24, 2.45) is 5.92 Å². The number of aryl methyl sites for hydroxylation is 1. The van der Waals surface area contributed by atoms with Crippen molar-refractivity contribution in [3.05, 3.63) is 40.9 Å². The standard InChI is InChI=1S/C18H19N3O4S/c1-3-25-17(24)12-4-6-14(7-5-12)21-9-13(8-15(21)22)16(23)20-18-19-11(2)10-26-18/h4-7,10,13H,3,8-9H2,1-2H3,(H,19,20,23)/t13-/m1/s1. The zero-order valence-corrected chi connectivity index (χ0v) is 15.3. The van der Waals surface area contributed by atoms with Crippen molar-refractivity contribution in [3.63, 3.8) is 0 Å². The number of ether oxygens (including phenoxy) is 1. The number of hydrogen-bond acceptors (Lipinski definition) is 6. The van der Waals surface area contributed by atoms with Gasteiger partial charge in [0.1, 0.15) is 0 Å². The lowest BCUT2D eigenvalue weighted by atomic mass is 10.1. The van der Waals surface area contributed by atoms with Gasteiger partial charge in [-0.15, -0.1) is 11.3 Å². The molecule has 1 aromatic carbocycles. The van der Waals surface area contributed by atoms with Crippen LogP contribution in [0.3, 0.4) is 0 Å². The summed E-state index contributed by atoms with van der Waals surface area (Å²) < 4.78 is 4.94. The van der Waals surface area contributed by atoms with Crippen molar-refractivity contribution in [3.8, 4) is 0 Å². The quantitative estimate of drug-likeness (QED) is 0.814. The number of carbonyl (C=O) groups is 3. The summed E-state index contributed by atoms with van der Waals surface area (Å²) in [7, 11) is 0. The fraction of sp³-hybridized carbons (Fsp3) is 0.333. The molecule has 26 heavy (non-hydrogen) atoms. The average Bonchev–Trinajstić information content (AvgIpc) is 3.21. The number of amides is 2. The molecule has 0 aliphatic carbocycles. The lowest BCUT2D eigenvalue weighted by molar-refractivity contribution is -0.122. The van der Waals surface area contributed by atoms with E-state index in [1.54, 1.807) is 36.1 Å². The largest absolute Gasteiger partial charge is 0.462 e. The Hall–Kier alpha value is -2.74. The molecule has 1 fully saturated rings. The van der Waals surface area contributed by atoms with Crippen molar-refractivity contribution in [2.75, 3.05) is 23.4 Å². The summed E-state index contributed by atoms with van der Waals surface area (Å²) in [6, 6.07) is 6.61. The Morgan fingerprint density at radius 2 is 2.08 bits per heavy atom. The summed E-state index contributed by atoms with van der Waals surface area (Å²) in [5, 5.41) is 5.16. The smallest absolute Gasteiger partial charge is 0.338 e. The van der Waals surface area contributed by atoms with Gasteiger partial charge >= 0.3 is 5.97 Å². The first-order valence-electron chi connectivity index (χ1n) is 8.28. The number of esters is 1. The maximum atomic E-state index is 12.4. The van der Waals surface area contributed by atoms with E-state index in [2.05, 4.69) is 10.3 Å². The molecule has 1 aromatic heterocycles. The summed E-state index contributed by atoms with van der Waals surface area (Å²) in [5.74, 6) is -1.16. The van der Waals surface area contributed by atoms with Gasteiger partial charge in [-0.1, -0.05) is 0 Å². The molecule has 1 atom stereocenters. The third-order valence-electron chi connectivity index (χ3n) is 4.04. The van der Waals surface area contributed by atoms with E-state index in [0.29, 0.717) is 29.5 Å². The van der Waals surface area contributed by atoms with Gasteiger partial charge in [0, 0.05) is 24.0 Å². The topological polar surface area (TPSA) is 88.6 Å². The van der Waals surface area contributed by atoms with E-state index in [1.807, 2.05) is 12.3 Å². The molecule has 0 spiro atoms. The number of aromatic nitrogens is 1. The van der Waals surface area contributed by atoms with Gasteiger partial charge < -0.3 is 15.0 Å². The van der Waals surface area contributed by atoms with Crippen molar-refractivity contribution >= 4 is 39.9 Å². The van der Waals surface area contributed by atoms with Crippen molar-refractivity contribution < 1.29 is 19.1 Å². The molecule has 3 rings (SSSR count). The van der Waals surface area contributed by atoms with Crippen LogP contribution in [-0.4, -0.2) is 35.9 Å². The molecule has 8 heteroatoms. The molecule has 7 nitrogen and oxygen atoms in total. The Bertz CT molecular complexity index is 831. The summed E-state index contributed by atoms with van der Waals surface area (Å²) in [6.07, 6.45) is 0.149. The number of anilines is 2. The van der Waals surface area contributed by atoms with Crippen LogP contribution in [0.2, 0.25) is 0 Å². The zero-order chi connectivity index (χ0) is 18.7. The maximum absolute atomic E-state index is 12.4. The minimum absolute atomic E-state index is 0.121. The number of carbonyl (C=O) groups excluding carboxylic acids is 3. The Morgan fingerprint density at radius 1 is 1.35 bits per heavy atom. The summed E-state index contributed by atoms with van der Waals surface area (Å²) in [5.41, 5.74) is 1.93. The highest BCUT2D eigenvalue weighted by atomic mass is 32.1. The maximum Gasteiger partial charge on any atom is 0.338 e. The van der Waals surface area contributed by atoms with Gasteiger partial charge in [-0.25, -0.2) is 9.78 Å². The zero-order valence-electron chi connectivity index (χ0n) is 14.5. The number of rotatable bonds is 5. The van der Waals surface area contributed by atoms with Crippen LogP contribution in [-0.2, 0) is 14.3 Å². The molecule has 2 aromatic rings. The molecule has 1 aliphatic heterocycles. The molecule has 1 aliphatic rings. The molecule has 2 amide bonds. The second-order valence-electron chi connectivity index (χ2n) is 5.96. The second-order valence-corrected chi connectivity index (χ2v) is 6.81. The Morgan fingerprint density at radius 3 is 2.69 bits per heavy atom. The lowest BCUT2D eigenvalue weighted by Crippen LogP contribution is -2.28. The van der Waals surface area contributed by atoms with Gasteiger partial charge in [-0.05, 0) is 38.1 Å². The first-order valence-corrected chi connectivity index (χ1v) is 9.16. The van der Waals surface area contributed by atoms with Crippen LogP contribution in [0.1, 0.15) is 29.4 Å². The second kappa shape index (κ2) is 7.65. The monoisotopic (exact) mass is 373 g/mol. The predicted molar refractivity (Wildman–Crippen MR) is 98.3 cm³/mol. The molecule has 0 unspecified atom stereocenters. The number of hydrogen-bond donors (Lipinski definition) is 1. The molecule has 136 valence electrons. The SMILES string of the molecule is CCOC(=O)c1ccc(N2C[C@H](C(=O)Nc3nc(C)cs3)CC2=O)cc1. The number of thiazole rings is 1. The van der Waals surface area contributed by atoms with Crippen molar-refractivity contribution in [2.45, 2.75) is 20.3 Å². The van der Waals surface area contributed by atoms with Crippen molar-refractivity contribution in [1.82, 2.24) is 4.98 Å². The van der Waals surface area contributed by atoms with Crippen LogP contribution in [0, 0.1) is 12.8 Å². The fourth-order valence-electron chi connectivity index (χ4n) is 2.74. The minimum Gasteiger partial charge on any atom is -0.462 e. The molecule has 2 heterocycles. The van der Waals surface area contributed by atoms with E-state index in [1.165, 1.54) is 11.3 Å². The predicted octanol–water partition coefficient (Wildman–Crippen LogP) is 2.62. The van der Waals surface area contributed by atoms with Gasteiger partial charge in [0.05, 0.1) is 23.8 Å². The minimum atomic E-state index is -0.434. The van der Waals surface area contributed by atoms with E-state index in [0.717, 1.165) is 5.69 Å². The van der Waals surface area contributed by atoms with Crippen molar-refractivity contribution in [1.29, 1.82) is 0 Å². The molecule has 0 bridgehead atoms. The molecular formula is C18H19N3O4S. The highest BCUT2D eigenvalue weighted by Crippen LogP contribution is 2.27. The molecule has 1 N–H and O–H groups in total. The van der Waals surface area contributed by atoms with Crippen LogP contribution in [0.4, 0.5) is 10.8 Å². The van der Waals surface area contributed by atoms with Crippen LogP contribution < -0.4 is 10.2 Å². The highest BCUT2D eigenvalue weighted by Gasteiger charge is 2.35. The third kappa shape index (κ3) is 3.91. The van der Waals surface area contributed by atoms with Gasteiger partial charge in [-0.3, -0.25) is 9.59 Å².